The van der Waals surface area contributed by atoms with E-state index < -0.39 is 0 Å². The first-order valence-electron chi connectivity index (χ1n) is 6.61. The van der Waals surface area contributed by atoms with Crippen molar-refractivity contribution in [1.82, 2.24) is 0 Å². The summed E-state index contributed by atoms with van der Waals surface area (Å²) in [6.45, 7) is 2.99. The van der Waals surface area contributed by atoms with Crippen LogP contribution in [-0.2, 0) is 0 Å². The van der Waals surface area contributed by atoms with Crippen LogP contribution in [0.1, 0.15) is 24.0 Å². The van der Waals surface area contributed by atoms with Crippen LogP contribution in [-0.4, -0.2) is 13.7 Å². The number of hydrogen-bond acceptors (Lipinski definition) is 3. The van der Waals surface area contributed by atoms with Crippen LogP contribution in [0.3, 0.4) is 0 Å². The minimum Gasteiger partial charge on any atom is -0.495 e. The van der Waals surface area contributed by atoms with E-state index in [9.17, 15) is 0 Å². The Morgan fingerprint density at radius 1 is 1.20 bits per heavy atom. The van der Waals surface area contributed by atoms with Gasteiger partial charge in [0.25, 0.3) is 0 Å². The van der Waals surface area contributed by atoms with Crippen molar-refractivity contribution < 1.29 is 4.74 Å². The first-order chi connectivity index (χ1) is 9.74. The molecule has 3 nitrogen and oxygen atoms in total. The molecule has 0 spiro atoms. The number of rotatable bonds is 5. The summed E-state index contributed by atoms with van der Waals surface area (Å²) in [7, 11) is 1.61. The summed E-state index contributed by atoms with van der Waals surface area (Å²) in [6, 6.07) is 17.9. The zero-order chi connectivity index (χ0) is 14.4. The second-order valence-electron chi connectivity index (χ2n) is 4.72. The monoisotopic (exact) mass is 266 g/mol. The van der Waals surface area contributed by atoms with Gasteiger partial charge in [0.15, 0.2) is 0 Å². The standard InChI is InChI=1S/C17H18N2O/c1-13(15-6-4-3-5-7-15)12-19-16-9-8-14(11-18)10-17(16)20-2/h3-10,13,19H,12H2,1-2H3. The molecular formula is C17H18N2O. The van der Waals surface area contributed by atoms with Crippen molar-refractivity contribution in [3.05, 3.63) is 59.7 Å². The molecule has 0 heterocycles. The maximum absolute atomic E-state index is 8.89. The van der Waals surface area contributed by atoms with Crippen molar-refractivity contribution in [3.63, 3.8) is 0 Å². The number of benzene rings is 2. The van der Waals surface area contributed by atoms with Crippen molar-refractivity contribution in [1.29, 1.82) is 5.26 Å². The maximum atomic E-state index is 8.89. The smallest absolute Gasteiger partial charge is 0.143 e. The molecule has 2 aromatic carbocycles. The molecule has 0 radical (unpaired) electrons. The van der Waals surface area contributed by atoms with Gasteiger partial charge in [0.05, 0.1) is 24.4 Å². The fourth-order valence-electron chi connectivity index (χ4n) is 2.07. The number of hydrogen-bond donors (Lipinski definition) is 1. The zero-order valence-electron chi connectivity index (χ0n) is 11.8. The Morgan fingerprint density at radius 2 is 1.95 bits per heavy atom. The largest absolute Gasteiger partial charge is 0.495 e. The van der Waals surface area contributed by atoms with Gasteiger partial charge in [-0.15, -0.1) is 0 Å². The van der Waals surface area contributed by atoms with E-state index in [0.717, 1.165) is 12.2 Å². The maximum Gasteiger partial charge on any atom is 0.143 e. The van der Waals surface area contributed by atoms with Gasteiger partial charge >= 0.3 is 0 Å². The lowest BCUT2D eigenvalue weighted by molar-refractivity contribution is 0.416. The summed E-state index contributed by atoms with van der Waals surface area (Å²) in [5.74, 6) is 1.10. The van der Waals surface area contributed by atoms with Gasteiger partial charge in [-0.05, 0) is 23.6 Å². The number of anilines is 1. The normalized spacial score (nSPS) is 11.4. The van der Waals surface area contributed by atoms with Crippen LogP contribution in [0.25, 0.3) is 0 Å². The molecule has 20 heavy (non-hydrogen) atoms. The first kappa shape index (κ1) is 14.0. The number of ether oxygens (including phenoxy) is 1. The van der Waals surface area contributed by atoms with E-state index in [1.54, 1.807) is 19.2 Å². The van der Waals surface area contributed by atoms with Crippen molar-refractivity contribution in [3.8, 4) is 11.8 Å². The summed E-state index contributed by atoms with van der Waals surface area (Å²) in [6.07, 6.45) is 0. The average Bonchev–Trinajstić information content (AvgIpc) is 2.53. The van der Waals surface area contributed by atoms with Gasteiger partial charge in [0.2, 0.25) is 0 Å². The summed E-state index contributed by atoms with van der Waals surface area (Å²) in [5, 5.41) is 12.3. The Hall–Kier alpha value is -2.47. The zero-order valence-corrected chi connectivity index (χ0v) is 11.8. The number of nitrogens with one attached hydrogen (secondary N) is 1. The average molecular weight is 266 g/mol. The molecule has 0 aliphatic carbocycles. The molecule has 2 aromatic rings. The molecule has 0 aromatic heterocycles. The molecule has 0 amide bonds. The van der Waals surface area contributed by atoms with E-state index in [-0.39, 0.29) is 0 Å². The van der Waals surface area contributed by atoms with E-state index in [2.05, 4.69) is 30.4 Å². The van der Waals surface area contributed by atoms with Crippen LogP contribution in [0.2, 0.25) is 0 Å². The third kappa shape index (κ3) is 3.30. The van der Waals surface area contributed by atoms with Gasteiger partial charge < -0.3 is 10.1 Å². The highest BCUT2D eigenvalue weighted by atomic mass is 16.5. The molecule has 2 rings (SSSR count). The van der Waals surface area contributed by atoms with E-state index >= 15 is 0 Å². The third-order valence-electron chi connectivity index (χ3n) is 3.30. The van der Waals surface area contributed by atoms with Crippen LogP contribution in [0.5, 0.6) is 5.75 Å². The Balaban J connectivity index is 2.06. The Morgan fingerprint density at radius 3 is 2.60 bits per heavy atom. The second kappa shape index (κ2) is 6.63. The lowest BCUT2D eigenvalue weighted by Crippen LogP contribution is -2.10. The Bertz CT molecular complexity index is 602. The van der Waals surface area contributed by atoms with Crippen LogP contribution in [0, 0.1) is 11.3 Å². The molecular weight excluding hydrogens is 248 g/mol. The van der Waals surface area contributed by atoms with Crippen molar-refractivity contribution in [2.75, 3.05) is 19.0 Å². The molecule has 0 bridgehead atoms. The van der Waals surface area contributed by atoms with Gasteiger partial charge in [-0.25, -0.2) is 0 Å². The van der Waals surface area contributed by atoms with E-state index in [0.29, 0.717) is 17.2 Å². The Labute approximate surface area is 119 Å². The highest BCUT2D eigenvalue weighted by molar-refractivity contribution is 5.59. The fourth-order valence-corrected chi connectivity index (χ4v) is 2.07. The SMILES string of the molecule is COc1cc(C#N)ccc1NCC(C)c1ccccc1. The minimum absolute atomic E-state index is 0.400. The Kier molecular flexibility index (Phi) is 4.62. The molecule has 1 atom stereocenters. The molecule has 0 aliphatic heterocycles. The first-order valence-corrected chi connectivity index (χ1v) is 6.61. The lowest BCUT2D eigenvalue weighted by atomic mass is 10.0. The molecule has 0 aliphatic rings. The van der Waals surface area contributed by atoms with Crippen molar-refractivity contribution in [2.24, 2.45) is 0 Å². The van der Waals surface area contributed by atoms with E-state index in [4.69, 9.17) is 10.00 Å². The summed E-state index contributed by atoms with van der Waals surface area (Å²) in [4.78, 5) is 0. The van der Waals surface area contributed by atoms with E-state index in [1.807, 2.05) is 24.3 Å². The van der Waals surface area contributed by atoms with Crippen LogP contribution in [0.15, 0.2) is 48.5 Å². The van der Waals surface area contributed by atoms with Crippen molar-refractivity contribution in [2.45, 2.75) is 12.8 Å². The van der Waals surface area contributed by atoms with Crippen LogP contribution < -0.4 is 10.1 Å². The molecule has 0 saturated carbocycles. The molecule has 1 unspecified atom stereocenters. The summed E-state index contributed by atoms with van der Waals surface area (Å²) in [5.41, 5.74) is 2.81. The van der Waals surface area contributed by atoms with Crippen LogP contribution >= 0.6 is 0 Å². The number of methoxy groups -OCH3 is 1. The van der Waals surface area contributed by atoms with Gasteiger partial charge in [-0.1, -0.05) is 37.3 Å². The van der Waals surface area contributed by atoms with Gasteiger partial charge in [0, 0.05) is 12.6 Å². The molecule has 1 N–H and O–H groups in total. The van der Waals surface area contributed by atoms with Crippen LogP contribution in [0.4, 0.5) is 5.69 Å². The third-order valence-corrected chi connectivity index (χ3v) is 3.30. The molecule has 102 valence electrons. The number of nitrogens with zero attached hydrogens (tertiary/aromatic N) is 1. The van der Waals surface area contributed by atoms with Crippen molar-refractivity contribution >= 4 is 5.69 Å². The topological polar surface area (TPSA) is 45.0 Å². The molecule has 0 saturated heterocycles. The van der Waals surface area contributed by atoms with E-state index in [1.165, 1.54) is 5.56 Å². The quantitative estimate of drug-likeness (QED) is 0.895. The van der Waals surface area contributed by atoms with Gasteiger partial charge in [0.1, 0.15) is 5.75 Å². The molecule has 0 fully saturated rings. The highest BCUT2D eigenvalue weighted by Gasteiger charge is 2.08. The highest BCUT2D eigenvalue weighted by Crippen LogP contribution is 2.26. The lowest BCUT2D eigenvalue weighted by Gasteiger charge is -2.16. The minimum atomic E-state index is 0.400. The van der Waals surface area contributed by atoms with Gasteiger partial charge in [-0.2, -0.15) is 5.26 Å². The fraction of sp³-hybridized carbons (Fsp3) is 0.235. The summed E-state index contributed by atoms with van der Waals surface area (Å²) < 4.78 is 5.31. The van der Waals surface area contributed by atoms with Gasteiger partial charge in [-0.3, -0.25) is 0 Å². The number of nitriles is 1. The summed E-state index contributed by atoms with van der Waals surface area (Å²) >= 11 is 0. The predicted molar refractivity (Wildman–Crippen MR) is 81.1 cm³/mol. The predicted octanol–water partition coefficient (Wildman–Crippen LogP) is 3.78. The second-order valence-corrected chi connectivity index (χ2v) is 4.72. The molecule has 3 heteroatoms.